The van der Waals surface area contributed by atoms with E-state index in [1.54, 1.807) is 24.5 Å². The van der Waals surface area contributed by atoms with Crippen molar-refractivity contribution in [1.29, 1.82) is 0 Å². The number of anilines is 2. The highest BCUT2D eigenvalue weighted by molar-refractivity contribution is 7.92. The van der Waals surface area contributed by atoms with Crippen LogP contribution in [0.25, 0.3) is 11.1 Å². The molecular weight excluding hydrogens is 424 g/mol. The zero-order valence-corrected chi connectivity index (χ0v) is 17.8. The van der Waals surface area contributed by atoms with Crippen LogP contribution in [0, 0.1) is 0 Å². The first-order chi connectivity index (χ1) is 15.7. The Balaban J connectivity index is 1.36. The second-order valence-electron chi connectivity index (χ2n) is 6.70. The van der Waals surface area contributed by atoms with E-state index < -0.39 is 17.4 Å². The Bertz CT molecular complexity index is 1160. The third kappa shape index (κ3) is 5.60. The van der Waals surface area contributed by atoms with Crippen molar-refractivity contribution in [2.45, 2.75) is 11.4 Å². The highest BCUT2D eigenvalue weighted by Crippen LogP contribution is 2.28. The number of rotatable bonds is 7. The molecule has 4 rings (SSSR count). The summed E-state index contributed by atoms with van der Waals surface area (Å²) in [6.07, 6.45) is 6.24. The van der Waals surface area contributed by atoms with Crippen molar-refractivity contribution < 1.29 is 9.35 Å². The summed E-state index contributed by atoms with van der Waals surface area (Å²) >= 11 is -1.57. The average Bonchev–Trinajstić information content (AvgIpc) is 2.85. The molecule has 0 spiro atoms. The number of aromatic nitrogens is 3. The van der Waals surface area contributed by atoms with Gasteiger partial charge < -0.3 is 15.2 Å². The summed E-state index contributed by atoms with van der Waals surface area (Å²) in [6.45, 7) is 0.347. The van der Waals surface area contributed by atoms with E-state index in [0.717, 1.165) is 16.7 Å². The third-order valence-electron chi connectivity index (χ3n) is 4.44. The van der Waals surface area contributed by atoms with Crippen LogP contribution in [0.3, 0.4) is 0 Å². The van der Waals surface area contributed by atoms with Crippen LogP contribution in [0.5, 0.6) is 0 Å². The Hall–Kier alpha value is -3.95. The van der Waals surface area contributed by atoms with E-state index in [1.165, 1.54) is 12.4 Å². The molecule has 0 saturated heterocycles. The van der Waals surface area contributed by atoms with Crippen molar-refractivity contribution in [2.24, 2.45) is 0 Å². The molecule has 0 saturated carbocycles. The van der Waals surface area contributed by atoms with Gasteiger partial charge in [0.25, 0.3) is 5.95 Å². The van der Waals surface area contributed by atoms with E-state index >= 15 is 0 Å². The molecule has 9 heteroatoms. The number of carbonyl (C=O) groups excluding carboxylic acids is 1. The predicted molar refractivity (Wildman–Crippen MR) is 124 cm³/mol. The molecular formula is C23H20N6O2S. The minimum atomic E-state index is -1.57. The molecule has 2 aromatic carbocycles. The van der Waals surface area contributed by atoms with Gasteiger partial charge >= 0.3 is 6.03 Å². The third-order valence-corrected chi connectivity index (χ3v) is 5.56. The maximum atomic E-state index is 12.9. The number of hydrogen-bond donors (Lipinski definition) is 3. The minimum Gasteiger partial charge on any atom is -0.588 e. The number of pyridine rings is 1. The highest BCUT2D eigenvalue weighted by atomic mass is 32.2. The van der Waals surface area contributed by atoms with Crippen LogP contribution >= 0.6 is 0 Å². The minimum absolute atomic E-state index is 0.188. The van der Waals surface area contributed by atoms with Gasteiger partial charge in [-0.3, -0.25) is 4.98 Å². The molecule has 3 N–H and O–H groups in total. The second-order valence-corrected chi connectivity index (χ2v) is 7.88. The number of carbonyl (C=O) groups is 1. The molecule has 1 unspecified atom stereocenters. The maximum absolute atomic E-state index is 12.9. The van der Waals surface area contributed by atoms with Crippen molar-refractivity contribution >= 4 is 29.0 Å². The lowest BCUT2D eigenvalue weighted by molar-refractivity contribution is 0.251. The SMILES string of the molecule is O=C(NCc1cccnc1)Nc1cnc(N[S+]([O-])c2ccccc2-c2ccccc2)nc1. The Morgan fingerprint density at radius 1 is 0.906 bits per heavy atom. The largest absolute Gasteiger partial charge is 0.588 e. The van der Waals surface area contributed by atoms with Crippen molar-refractivity contribution in [1.82, 2.24) is 20.3 Å². The van der Waals surface area contributed by atoms with Gasteiger partial charge in [-0.25, -0.2) is 14.8 Å². The Morgan fingerprint density at radius 2 is 1.66 bits per heavy atom. The molecule has 0 aliphatic rings. The lowest BCUT2D eigenvalue weighted by Crippen LogP contribution is -2.28. The van der Waals surface area contributed by atoms with Crippen molar-refractivity contribution in [3.8, 4) is 11.1 Å². The monoisotopic (exact) mass is 444 g/mol. The zero-order chi connectivity index (χ0) is 22.2. The van der Waals surface area contributed by atoms with E-state index in [0.29, 0.717) is 17.1 Å². The Morgan fingerprint density at radius 3 is 2.41 bits per heavy atom. The smallest absolute Gasteiger partial charge is 0.319 e. The lowest BCUT2D eigenvalue weighted by Gasteiger charge is -2.14. The van der Waals surface area contributed by atoms with Gasteiger partial charge in [-0.05, 0) is 29.3 Å². The molecule has 8 nitrogen and oxygen atoms in total. The van der Waals surface area contributed by atoms with Crippen LogP contribution in [0.2, 0.25) is 0 Å². The van der Waals surface area contributed by atoms with Crippen LogP contribution in [0.4, 0.5) is 16.4 Å². The van der Waals surface area contributed by atoms with Crippen molar-refractivity contribution in [2.75, 3.05) is 10.0 Å². The fourth-order valence-corrected chi connectivity index (χ4v) is 3.90. The number of amides is 2. The normalized spacial score (nSPS) is 11.4. The van der Waals surface area contributed by atoms with Crippen LogP contribution in [-0.2, 0) is 17.9 Å². The fraction of sp³-hybridized carbons (Fsp3) is 0.0435. The zero-order valence-electron chi connectivity index (χ0n) is 16.9. The van der Waals surface area contributed by atoms with Gasteiger partial charge in [0.15, 0.2) is 4.90 Å². The molecule has 0 bridgehead atoms. The summed E-state index contributed by atoms with van der Waals surface area (Å²) in [6, 6.07) is 20.5. The lowest BCUT2D eigenvalue weighted by atomic mass is 10.1. The number of benzene rings is 2. The topological polar surface area (TPSA) is 115 Å². The summed E-state index contributed by atoms with van der Waals surface area (Å²) < 4.78 is 15.7. The molecule has 0 fully saturated rings. The quantitative estimate of drug-likeness (QED) is 0.371. The molecule has 160 valence electrons. The standard InChI is InChI=1S/C23H20N6O2S/c30-23(27-14-17-7-6-12-24-13-17)28-19-15-25-22(26-16-19)29-32(31)21-11-5-4-10-20(21)18-8-2-1-3-9-18/h1-13,15-16H,14H2,(H,25,26,29)(H2,27,28,30). The van der Waals surface area contributed by atoms with Gasteiger partial charge in [-0.2, -0.15) is 4.72 Å². The molecule has 0 aliphatic heterocycles. The Labute approximate surface area is 188 Å². The van der Waals surface area contributed by atoms with Gasteiger partial charge in [0.1, 0.15) is 11.4 Å². The molecule has 2 heterocycles. The average molecular weight is 445 g/mol. The molecule has 32 heavy (non-hydrogen) atoms. The van der Waals surface area contributed by atoms with E-state index in [2.05, 4.69) is 30.3 Å². The summed E-state index contributed by atoms with van der Waals surface area (Å²) in [4.78, 5) is 25.0. The van der Waals surface area contributed by atoms with Gasteiger partial charge in [-0.1, -0.05) is 48.5 Å². The number of nitrogens with one attached hydrogen (secondary N) is 3. The molecule has 0 radical (unpaired) electrons. The van der Waals surface area contributed by atoms with E-state index in [4.69, 9.17) is 0 Å². The van der Waals surface area contributed by atoms with Crippen molar-refractivity contribution in [3.63, 3.8) is 0 Å². The Kier molecular flexibility index (Phi) is 6.91. The van der Waals surface area contributed by atoms with Crippen LogP contribution < -0.4 is 15.4 Å². The van der Waals surface area contributed by atoms with E-state index in [-0.39, 0.29) is 5.95 Å². The first-order valence-corrected chi connectivity index (χ1v) is 10.9. The molecule has 2 aromatic heterocycles. The molecule has 4 aromatic rings. The fourth-order valence-electron chi connectivity index (χ4n) is 2.93. The van der Waals surface area contributed by atoms with E-state index in [1.807, 2.05) is 54.6 Å². The summed E-state index contributed by atoms with van der Waals surface area (Å²) in [5.74, 6) is 0.188. The van der Waals surface area contributed by atoms with Gasteiger partial charge in [0, 0.05) is 24.5 Å². The van der Waals surface area contributed by atoms with Gasteiger partial charge in [0.05, 0.1) is 18.1 Å². The first kappa shape index (κ1) is 21.3. The number of hydrogen-bond acceptors (Lipinski definition) is 6. The molecule has 2 amide bonds. The van der Waals surface area contributed by atoms with Crippen LogP contribution in [-0.4, -0.2) is 25.5 Å². The van der Waals surface area contributed by atoms with Crippen LogP contribution in [0.15, 0.2) is 96.4 Å². The van der Waals surface area contributed by atoms with E-state index in [9.17, 15) is 9.35 Å². The predicted octanol–water partition coefficient (Wildman–Crippen LogP) is 4.00. The number of urea groups is 1. The van der Waals surface area contributed by atoms with Crippen molar-refractivity contribution in [3.05, 3.63) is 97.1 Å². The summed E-state index contributed by atoms with van der Waals surface area (Å²) in [5, 5.41) is 5.38. The summed E-state index contributed by atoms with van der Waals surface area (Å²) in [7, 11) is 0. The summed E-state index contributed by atoms with van der Waals surface area (Å²) in [5.41, 5.74) is 3.13. The second kappa shape index (κ2) is 10.4. The first-order valence-electron chi connectivity index (χ1n) is 9.78. The van der Waals surface area contributed by atoms with Gasteiger partial charge in [-0.15, -0.1) is 0 Å². The highest BCUT2D eigenvalue weighted by Gasteiger charge is 2.19. The molecule has 0 aliphatic carbocycles. The van der Waals surface area contributed by atoms with Crippen LogP contribution in [0.1, 0.15) is 5.56 Å². The molecule has 1 atom stereocenters. The number of nitrogens with zero attached hydrogens (tertiary/aromatic N) is 3. The van der Waals surface area contributed by atoms with Gasteiger partial charge in [0.2, 0.25) is 0 Å². The maximum Gasteiger partial charge on any atom is 0.319 e.